The van der Waals surface area contributed by atoms with Crippen LogP contribution in [0.3, 0.4) is 0 Å². The monoisotopic (exact) mass is 375 g/mol. The Bertz CT molecular complexity index is 863. The zero-order valence-electron chi connectivity index (χ0n) is 13.5. The molecule has 0 bridgehead atoms. The zero-order valence-corrected chi connectivity index (χ0v) is 15.1. The molecule has 1 atom stereocenters. The second-order valence-electron chi connectivity index (χ2n) is 5.98. The van der Waals surface area contributed by atoms with E-state index < -0.39 is 0 Å². The molecule has 1 aromatic carbocycles. The molecular weight excluding hydrogens is 358 g/mol. The van der Waals surface area contributed by atoms with Gasteiger partial charge in [-0.05, 0) is 18.2 Å². The van der Waals surface area contributed by atoms with Gasteiger partial charge in [-0.1, -0.05) is 29.8 Å². The lowest BCUT2D eigenvalue weighted by Gasteiger charge is -2.34. The van der Waals surface area contributed by atoms with Gasteiger partial charge in [0.25, 0.3) is 0 Å². The fraction of sp³-hybridized carbons (Fsp3) is 0.278. The van der Waals surface area contributed by atoms with E-state index in [1.165, 1.54) is 11.3 Å². The highest BCUT2D eigenvalue weighted by molar-refractivity contribution is 7.19. The molecule has 3 heterocycles. The molecule has 4 rings (SSSR count). The molecule has 1 aliphatic rings. The number of hydrogen-bond donors (Lipinski definition) is 2. The highest BCUT2D eigenvalue weighted by Gasteiger charge is 2.27. The number of thiophene rings is 1. The van der Waals surface area contributed by atoms with E-state index in [0.29, 0.717) is 25.5 Å². The molecule has 130 valence electrons. The highest BCUT2D eigenvalue weighted by Crippen LogP contribution is 2.32. The van der Waals surface area contributed by atoms with Crippen molar-refractivity contribution in [3.8, 4) is 16.3 Å². The topological polar surface area (TPSA) is 61.4 Å². The van der Waals surface area contributed by atoms with Crippen LogP contribution in [0.15, 0.2) is 42.6 Å². The predicted molar refractivity (Wildman–Crippen MR) is 99.0 cm³/mol. The number of aromatic hydroxyl groups is 1. The van der Waals surface area contributed by atoms with Crippen LogP contribution in [0, 0.1) is 0 Å². The van der Waals surface area contributed by atoms with Gasteiger partial charge in [-0.15, -0.1) is 11.3 Å². The normalized spacial score (nSPS) is 18.5. The van der Waals surface area contributed by atoms with E-state index in [1.807, 2.05) is 36.5 Å². The van der Waals surface area contributed by atoms with Crippen LogP contribution >= 0.6 is 22.9 Å². The zero-order chi connectivity index (χ0) is 17.2. The Hall–Kier alpha value is -1.86. The number of H-pyrrole nitrogens is 1. The first-order valence-electron chi connectivity index (χ1n) is 8.10. The van der Waals surface area contributed by atoms with Crippen molar-refractivity contribution in [2.45, 2.75) is 12.6 Å². The van der Waals surface area contributed by atoms with Crippen LogP contribution in [-0.2, 0) is 11.3 Å². The number of ether oxygens (including phenoxy) is 1. The van der Waals surface area contributed by atoms with Crippen molar-refractivity contribution in [3.05, 3.63) is 58.3 Å². The summed E-state index contributed by atoms with van der Waals surface area (Å²) in [6.45, 7) is 2.70. The number of aromatic nitrogens is 2. The number of rotatable bonds is 4. The molecular formula is C18H18ClN3O2S. The second-order valence-corrected chi connectivity index (χ2v) is 7.69. The molecule has 2 N–H and O–H groups in total. The SMILES string of the molecule is Oc1ccccc1CN1CCOCC1c1ncc(-c2ccc(Cl)s2)[nH]1. The summed E-state index contributed by atoms with van der Waals surface area (Å²) in [7, 11) is 0. The van der Waals surface area contributed by atoms with Gasteiger partial charge in [0.1, 0.15) is 11.6 Å². The van der Waals surface area contributed by atoms with Gasteiger partial charge in [0.2, 0.25) is 0 Å². The Labute approximate surface area is 154 Å². The Kier molecular flexibility index (Phi) is 4.76. The first kappa shape index (κ1) is 16.6. The molecule has 0 radical (unpaired) electrons. The molecule has 1 fully saturated rings. The predicted octanol–water partition coefficient (Wildman–Crippen LogP) is 4.07. The molecule has 0 amide bonds. The summed E-state index contributed by atoms with van der Waals surface area (Å²) in [5, 5.41) is 10.1. The third-order valence-corrected chi connectivity index (χ3v) is 5.62. The Morgan fingerprint density at radius 2 is 2.20 bits per heavy atom. The van der Waals surface area contributed by atoms with Crippen molar-refractivity contribution in [1.82, 2.24) is 14.9 Å². The molecule has 1 unspecified atom stereocenters. The summed E-state index contributed by atoms with van der Waals surface area (Å²) < 4.78 is 6.43. The van der Waals surface area contributed by atoms with Crippen molar-refractivity contribution in [3.63, 3.8) is 0 Å². The third-order valence-electron chi connectivity index (χ3n) is 4.35. The number of phenols is 1. The lowest BCUT2D eigenvalue weighted by atomic mass is 10.1. The minimum absolute atomic E-state index is 0.0255. The molecule has 3 aromatic rings. The molecule has 0 saturated carbocycles. The van der Waals surface area contributed by atoms with E-state index in [1.54, 1.807) is 6.07 Å². The van der Waals surface area contributed by atoms with Gasteiger partial charge < -0.3 is 14.8 Å². The largest absolute Gasteiger partial charge is 0.508 e. The summed E-state index contributed by atoms with van der Waals surface area (Å²) in [6, 6.07) is 11.3. The summed E-state index contributed by atoms with van der Waals surface area (Å²) in [4.78, 5) is 11.3. The summed E-state index contributed by atoms with van der Waals surface area (Å²) in [5.41, 5.74) is 1.87. The summed E-state index contributed by atoms with van der Waals surface area (Å²) in [6.07, 6.45) is 1.84. The number of aromatic amines is 1. The van der Waals surface area contributed by atoms with Crippen molar-refractivity contribution in [2.24, 2.45) is 0 Å². The van der Waals surface area contributed by atoms with Gasteiger partial charge >= 0.3 is 0 Å². The number of phenolic OH excluding ortho intramolecular Hbond substituents is 1. The lowest BCUT2D eigenvalue weighted by molar-refractivity contribution is -0.0158. The minimum Gasteiger partial charge on any atom is -0.508 e. The van der Waals surface area contributed by atoms with Crippen LogP contribution in [-0.4, -0.2) is 39.7 Å². The van der Waals surface area contributed by atoms with Gasteiger partial charge in [-0.2, -0.15) is 0 Å². The smallest absolute Gasteiger partial charge is 0.126 e. The van der Waals surface area contributed by atoms with Crippen molar-refractivity contribution >= 4 is 22.9 Å². The van der Waals surface area contributed by atoms with E-state index in [-0.39, 0.29) is 6.04 Å². The van der Waals surface area contributed by atoms with Gasteiger partial charge in [-0.3, -0.25) is 4.90 Å². The van der Waals surface area contributed by atoms with Crippen LogP contribution in [0.5, 0.6) is 5.75 Å². The number of nitrogens with zero attached hydrogens (tertiary/aromatic N) is 2. The Balaban J connectivity index is 1.57. The van der Waals surface area contributed by atoms with Crippen LogP contribution in [0.1, 0.15) is 17.4 Å². The molecule has 1 saturated heterocycles. The summed E-state index contributed by atoms with van der Waals surface area (Å²) in [5.74, 6) is 1.19. The van der Waals surface area contributed by atoms with Gasteiger partial charge in [0, 0.05) is 18.7 Å². The van der Waals surface area contributed by atoms with Gasteiger partial charge in [0.05, 0.1) is 40.4 Å². The standard InChI is InChI=1S/C18H18ClN3O2S/c19-17-6-5-16(25-17)13-9-20-18(21-13)14-11-24-8-7-22(14)10-12-3-1-2-4-15(12)23/h1-6,9,14,23H,7-8,10-11H2,(H,20,21). The number of para-hydroxylation sites is 1. The average molecular weight is 376 g/mol. The van der Waals surface area contributed by atoms with Crippen molar-refractivity contribution < 1.29 is 9.84 Å². The van der Waals surface area contributed by atoms with Gasteiger partial charge in [-0.25, -0.2) is 4.98 Å². The number of morpholine rings is 1. The fourth-order valence-electron chi connectivity index (χ4n) is 3.03. The number of imidazole rings is 1. The number of halogens is 1. The maximum absolute atomic E-state index is 10.1. The van der Waals surface area contributed by atoms with E-state index in [9.17, 15) is 5.11 Å². The highest BCUT2D eigenvalue weighted by atomic mass is 35.5. The maximum Gasteiger partial charge on any atom is 0.126 e. The van der Waals surface area contributed by atoms with Crippen LogP contribution in [0.4, 0.5) is 0 Å². The van der Waals surface area contributed by atoms with E-state index in [0.717, 1.165) is 32.8 Å². The fourth-order valence-corrected chi connectivity index (χ4v) is 4.04. The first-order chi connectivity index (χ1) is 12.2. The molecule has 2 aromatic heterocycles. The Morgan fingerprint density at radius 1 is 1.32 bits per heavy atom. The molecule has 1 aliphatic heterocycles. The number of nitrogens with one attached hydrogen (secondary N) is 1. The quantitative estimate of drug-likeness (QED) is 0.721. The molecule has 0 spiro atoms. The third kappa shape index (κ3) is 3.57. The van der Waals surface area contributed by atoms with Crippen molar-refractivity contribution in [1.29, 1.82) is 0 Å². The van der Waals surface area contributed by atoms with Crippen molar-refractivity contribution in [2.75, 3.05) is 19.8 Å². The number of hydrogen-bond acceptors (Lipinski definition) is 5. The molecule has 7 heteroatoms. The van der Waals surface area contributed by atoms with E-state index in [2.05, 4.69) is 14.9 Å². The second kappa shape index (κ2) is 7.17. The maximum atomic E-state index is 10.1. The minimum atomic E-state index is 0.0255. The van der Waals surface area contributed by atoms with Crippen LogP contribution in [0.2, 0.25) is 4.34 Å². The lowest BCUT2D eigenvalue weighted by Crippen LogP contribution is -2.39. The first-order valence-corrected chi connectivity index (χ1v) is 9.29. The van der Waals surface area contributed by atoms with Crippen LogP contribution in [0.25, 0.3) is 10.6 Å². The van der Waals surface area contributed by atoms with Gasteiger partial charge in [0.15, 0.2) is 0 Å². The number of benzene rings is 1. The average Bonchev–Trinajstić information content (AvgIpc) is 3.26. The molecule has 0 aliphatic carbocycles. The molecule has 5 nitrogen and oxygen atoms in total. The Morgan fingerprint density at radius 3 is 3.00 bits per heavy atom. The van der Waals surface area contributed by atoms with E-state index in [4.69, 9.17) is 16.3 Å². The van der Waals surface area contributed by atoms with E-state index >= 15 is 0 Å². The van der Waals surface area contributed by atoms with Crippen LogP contribution < -0.4 is 0 Å². The molecule has 25 heavy (non-hydrogen) atoms. The summed E-state index contributed by atoms with van der Waals surface area (Å²) >= 11 is 7.55.